The first kappa shape index (κ1) is 82.6. The maximum atomic E-state index is 5.19. The van der Waals surface area contributed by atoms with Gasteiger partial charge in [-0.15, -0.1) is 0 Å². The minimum absolute atomic E-state index is 0.793. The maximum absolute atomic E-state index is 5.19. The Hall–Kier alpha value is -19.0. The van der Waals surface area contributed by atoms with Crippen molar-refractivity contribution >= 4 is 132 Å². The lowest BCUT2D eigenvalue weighted by atomic mass is 9.91. The molecule has 10 heteroatoms. The van der Waals surface area contributed by atoms with Gasteiger partial charge >= 0.3 is 0 Å². The molecule has 0 aliphatic rings. The van der Waals surface area contributed by atoms with Gasteiger partial charge in [0.2, 0.25) is 0 Å². The number of fused-ring (bicyclic) bond motifs is 15. The maximum Gasteiger partial charge on any atom is 0.166 e. The predicted octanol–water partition coefficient (Wildman–Crippen LogP) is 33.7. The zero-order chi connectivity index (χ0) is 93.2. The van der Waals surface area contributed by atoms with Crippen LogP contribution in [0.4, 0.5) is 0 Å². The van der Waals surface area contributed by atoms with Gasteiger partial charge in [-0.1, -0.05) is 370 Å². The summed E-state index contributed by atoms with van der Waals surface area (Å²) in [5.74, 6) is 0.810. The van der Waals surface area contributed by atoms with Crippen molar-refractivity contribution in [2.75, 3.05) is 0 Å². The van der Waals surface area contributed by atoms with Gasteiger partial charge < -0.3 is 0 Å². The Morgan fingerprint density at radius 1 is 0.142 bits per heavy atom. The van der Waals surface area contributed by atoms with Crippen molar-refractivity contribution in [2.24, 2.45) is 0 Å². The molecule has 0 unspecified atom stereocenters. The van der Waals surface area contributed by atoms with E-state index in [1.165, 1.54) is 99.1 Å². The van der Waals surface area contributed by atoms with Crippen LogP contribution in [0.2, 0.25) is 0 Å². The van der Waals surface area contributed by atoms with Crippen molar-refractivity contribution in [1.29, 1.82) is 0 Å². The van der Waals surface area contributed by atoms with Crippen LogP contribution >= 0.6 is 0 Å². The van der Waals surface area contributed by atoms with Gasteiger partial charge in [0, 0.05) is 33.1 Å². The fourth-order valence-electron chi connectivity index (χ4n) is 20.3. The summed E-state index contributed by atoms with van der Waals surface area (Å²) in [5, 5.41) is 10.6. The zero-order valence-electron chi connectivity index (χ0n) is 76.5. The average Bonchev–Trinajstić information content (AvgIpc) is 1.59. The first-order valence-corrected chi connectivity index (χ1v) is 47.7. The van der Waals surface area contributed by atoms with E-state index in [0.717, 1.165) is 161 Å². The van der Waals surface area contributed by atoms with Gasteiger partial charge in [-0.2, -0.15) is 0 Å². The fraction of sp³-hybridized carbons (Fsp3) is 0. The minimum atomic E-state index is 0.793. The fourth-order valence-corrected chi connectivity index (χ4v) is 20.3. The van der Waals surface area contributed by atoms with Crippen molar-refractivity contribution in [3.63, 3.8) is 0 Å². The number of rotatable bonds is 13. The lowest BCUT2D eigenvalue weighted by Crippen LogP contribution is -2.00. The van der Waals surface area contributed by atoms with Gasteiger partial charge in [0.15, 0.2) is 16.9 Å². The zero-order valence-corrected chi connectivity index (χ0v) is 76.5. The van der Waals surface area contributed by atoms with Crippen molar-refractivity contribution in [2.45, 2.75) is 0 Å². The van der Waals surface area contributed by atoms with Crippen molar-refractivity contribution in [3.05, 3.63) is 510 Å². The number of pyridine rings is 1. The lowest BCUT2D eigenvalue weighted by Gasteiger charge is -2.13. The first-order valence-electron chi connectivity index (χ1n) is 47.7. The molecule has 0 fully saturated rings. The van der Waals surface area contributed by atoms with Crippen molar-refractivity contribution in [1.82, 2.24) is 48.6 Å². The van der Waals surface area contributed by atoms with E-state index in [-0.39, 0.29) is 0 Å². The highest BCUT2D eigenvalue weighted by atomic mass is 15.1. The molecular formula is C131H84N10. The molecule has 0 radical (unpaired) electrons. The van der Waals surface area contributed by atoms with E-state index >= 15 is 0 Å². The molecule has 0 aliphatic heterocycles. The van der Waals surface area contributed by atoms with Crippen LogP contribution in [-0.2, 0) is 0 Å². The van der Waals surface area contributed by atoms with Gasteiger partial charge in [-0.05, 0) is 272 Å². The Morgan fingerprint density at radius 3 is 0.837 bits per heavy atom. The second-order valence-corrected chi connectivity index (χ2v) is 35.9. The number of nitrogens with zero attached hydrogens (tertiary/aromatic N) is 10. The van der Waals surface area contributed by atoms with Crippen LogP contribution in [0.3, 0.4) is 0 Å². The summed E-state index contributed by atoms with van der Waals surface area (Å²) in [7, 11) is 0. The van der Waals surface area contributed by atoms with Crippen LogP contribution in [-0.4, -0.2) is 48.6 Å². The Balaban J connectivity index is 0.000000109. The van der Waals surface area contributed by atoms with Gasteiger partial charge in [-0.25, -0.2) is 34.9 Å². The van der Waals surface area contributed by atoms with Crippen LogP contribution in [0, 0.1) is 0 Å². The molecule has 0 aliphatic carbocycles. The van der Waals surface area contributed by atoms with Crippen LogP contribution in [0.25, 0.3) is 260 Å². The second kappa shape index (κ2) is 35.3. The molecule has 0 saturated carbocycles. The first-order chi connectivity index (χ1) is 69.8. The van der Waals surface area contributed by atoms with E-state index in [4.69, 9.17) is 34.9 Å². The number of hydrogen-bond acceptors (Lipinski definition) is 7. The normalized spacial score (nSPS) is 11.5. The van der Waals surface area contributed by atoms with Gasteiger partial charge in [0.25, 0.3) is 0 Å². The summed E-state index contributed by atoms with van der Waals surface area (Å²) in [5.41, 5.74) is 39.2. The van der Waals surface area contributed by atoms with Gasteiger partial charge in [0.05, 0.1) is 55.3 Å². The molecule has 28 aromatic rings. The minimum Gasteiger partial charge on any atom is -0.293 e. The molecule has 0 spiro atoms. The molecule has 141 heavy (non-hydrogen) atoms. The number of para-hydroxylation sites is 7. The molecule has 0 bridgehead atoms. The highest BCUT2D eigenvalue weighted by molar-refractivity contribution is 6.13. The third-order valence-electron chi connectivity index (χ3n) is 27.3. The molecule has 28 rings (SSSR count). The monoisotopic (exact) mass is 1800 g/mol. The van der Waals surface area contributed by atoms with Gasteiger partial charge in [-0.3, -0.25) is 13.7 Å². The summed E-state index contributed by atoms with van der Waals surface area (Å²) in [6.45, 7) is 0. The number of benzene rings is 21. The molecule has 0 N–H and O–H groups in total. The quantitative estimate of drug-likeness (QED) is 0.113. The van der Waals surface area contributed by atoms with E-state index in [0.29, 0.717) is 0 Å². The van der Waals surface area contributed by atoms with E-state index < -0.39 is 0 Å². The Morgan fingerprint density at radius 2 is 0.426 bits per heavy atom. The van der Waals surface area contributed by atoms with E-state index in [1.807, 2.05) is 109 Å². The van der Waals surface area contributed by atoms with Crippen molar-refractivity contribution < 1.29 is 0 Å². The predicted molar refractivity (Wildman–Crippen MR) is 586 cm³/mol. The molecule has 0 atom stereocenters. The average molecular weight is 1800 g/mol. The molecule has 10 nitrogen and oxygen atoms in total. The molecule has 0 amide bonds. The largest absolute Gasteiger partial charge is 0.293 e. The number of aromatic nitrogens is 10. The van der Waals surface area contributed by atoms with E-state index in [2.05, 4.69) is 414 Å². The van der Waals surface area contributed by atoms with Gasteiger partial charge in [0.1, 0.15) is 22.4 Å². The molecular weight excluding hydrogens is 1710 g/mol. The molecule has 7 heterocycles. The Kier molecular flexibility index (Phi) is 20.7. The van der Waals surface area contributed by atoms with E-state index in [9.17, 15) is 0 Å². The summed E-state index contributed by atoms with van der Waals surface area (Å²) >= 11 is 0. The molecule has 0 saturated heterocycles. The smallest absolute Gasteiger partial charge is 0.166 e. The molecule has 658 valence electrons. The van der Waals surface area contributed by atoms with Crippen molar-refractivity contribution in [3.8, 4) is 129 Å². The highest BCUT2D eigenvalue weighted by Crippen LogP contribution is 2.44. The van der Waals surface area contributed by atoms with Crippen LogP contribution in [0.15, 0.2) is 510 Å². The van der Waals surface area contributed by atoms with Crippen LogP contribution in [0.5, 0.6) is 0 Å². The van der Waals surface area contributed by atoms with Crippen LogP contribution in [0.1, 0.15) is 0 Å². The second-order valence-electron chi connectivity index (χ2n) is 35.9. The Labute approximate surface area is 812 Å². The summed E-state index contributed by atoms with van der Waals surface area (Å²) < 4.78 is 6.63. The summed E-state index contributed by atoms with van der Waals surface area (Å²) in [4.78, 5) is 36.0. The third kappa shape index (κ3) is 15.4. The summed E-state index contributed by atoms with van der Waals surface area (Å²) in [6, 6.07) is 180. The topological polar surface area (TPSA) is 105 Å². The highest BCUT2D eigenvalue weighted by Gasteiger charge is 2.24. The molecule has 21 aromatic carbocycles. The number of hydrogen-bond donors (Lipinski definition) is 0. The van der Waals surface area contributed by atoms with Crippen LogP contribution < -0.4 is 0 Å². The lowest BCUT2D eigenvalue weighted by molar-refractivity contribution is 1.06. The standard InChI is InChI=1S/C46H29N3.C43H28N4.C42H27N3/c1-2-14-40(15-3-1)49-44-23-22-36(29-41(44)45-46(49)48-43-17-9-8-16-42(43)47-45)39-27-37(34-20-18-30-10-4-6-12-32(30)24-34)26-38(28-39)35-21-19-31-11-5-7-13-33(31)25-35;1-3-12-30(13-4-1)34-16-7-8-17-35(34)31-24-22-29(23-25-31)33-26-27-40-36(28-33)42-43(46-39-19-10-9-18-38(39)45-42)47(40)41-21-11-20-37(44-41)32-14-5-2-6-15-32;1-2-11-30(12-3-1)35-14-6-7-15-36(35)31-20-18-29(19-21-31)33-23-25-40-37(27-33)41-42(44-39-17-9-8-16-38(39)43-41)45(40)34-24-22-28-10-4-5-13-32(28)26-34/h1-29H;1-28H;1-27H. The molecule has 7 aromatic heterocycles. The summed E-state index contributed by atoms with van der Waals surface area (Å²) in [6.07, 6.45) is 0. The Bertz CT molecular complexity index is 9640. The van der Waals surface area contributed by atoms with E-state index in [1.54, 1.807) is 0 Å². The SMILES string of the molecule is c1ccc(-c2cccc(-n3c4ccc(-c5ccc(-c6ccccc6-c6ccccc6)cc5)cc4c4nc5ccccc5nc43)n2)cc1.c1ccc(-c2ccccc2-c2ccc(-c3ccc4c(c3)c3nc5ccccc5nc3n4-c3ccc4ccccc4c3)cc2)cc1.c1ccc(-n2c3ccc(-c4cc(-c5ccc6ccccc6c5)cc(-c5ccc6ccccc6c5)c4)cc3c3nc4ccccc4nc32)cc1. The third-order valence-corrected chi connectivity index (χ3v) is 27.3.